The first kappa shape index (κ1) is 13.4. The number of aromatic nitrogens is 4. The number of pyridine rings is 1. The van der Waals surface area contributed by atoms with Crippen molar-refractivity contribution in [3.63, 3.8) is 0 Å². The fourth-order valence-electron chi connectivity index (χ4n) is 1.45. The highest BCUT2D eigenvalue weighted by molar-refractivity contribution is 5.28. The lowest BCUT2D eigenvalue weighted by Crippen LogP contribution is -2.22. The van der Waals surface area contributed by atoms with E-state index in [0.717, 1.165) is 6.20 Å². The summed E-state index contributed by atoms with van der Waals surface area (Å²) in [6, 6.07) is 1.86. The lowest BCUT2D eigenvalue weighted by molar-refractivity contribution is 0.410. The Morgan fingerprint density at radius 2 is 2.21 bits per heavy atom. The predicted octanol–water partition coefficient (Wildman–Crippen LogP) is 1.64. The van der Waals surface area contributed by atoms with Gasteiger partial charge in [0.05, 0.1) is 6.20 Å². The number of nitrogens with one attached hydrogen (secondary N) is 1. The van der Waals surface area contributed by atoms with Crippen LogP contribution >= 0.6 is 0 Å². The van der Waals surface area contributed by atoms with Gasteiger partial charge in [0.25, 0.3) is 0 Å². The zero-order chi connectivity index (χ0) is 13.8. The molecule has 0 saturated heterocycles. The molecule has 0 aromatic carbocycles. The van der Waals surface area contributed by atoms with Crippen molar-refractivity contribution in [3.8, 4) is 11.9 Å². The van der Waals surface area contributed by atoms with Gasteiger partial charge >= 0.3 is 6.01 Å². The van der Waals surface area contributed by atoms with Crippen LogP contribution in [0, 0.1) is 5.82 Å². The van der Waals surface area contributed by atoms with E-state index < -0.39 is 5.82 Å². The summed E-state index contributed by atoms with van der Waals surface area (Å²) < 4.78 is 20.2. The Morgan fingerprint density at radius 3 is 2.84 bits per heavy atom. The van der Waals surface area contributed by atoms with Crippen LogP contribution < -0.4 is 10.1 Å². The minimum atomic E-state index is -0.401. The van der Waals surface area contributed by atoms with Gasteiger partial charge in [0.15, 0.2) is 0 Å². The summed E-state index contributed by atoms with van der Waals surface area (Å²) in [5.74, 6) is -0.0948. The molecule has 1 N–H and O–H groups in total. The highest BCUT2D eigenvalue weighted by atomic mass is 19.1. The first-order chi connectivity index (χ1) is 9.04. The molecule has 2 heterocycles. The second kappa shape index (κ2) is 5.75. The maximum atomic E-state index is 13.2. The fourth-order valence-corrected chi connectivity index (χ4v) is 1.45. The molecule has 0 amide bonds. The second-order valence-electron chi connectivity index (χ2n) is 4.46. The smallest absolute Gasteiger partial charge is 0.342 e. The first-order valence-corrected chi connectivity index (χ1v) is 5.96. The normalized spacial score (nSPS) is 11.0. The Morgan fingerprint density at radius 1 is 1.42 bits per heavy atom. The van der Waals surface area contributed by atoms with Crippen LogP contribution in [0.25, 0.3) is 0 Å². The summed E-state index contributed by atoms with van der Waals surface area (Å²) in [5, 5.41) is 7.18. The number of ether oxygens (including phenoxy) is 1. The van der Waals surface area contributed by atoms with Crippen LogP contribution in [0.2, 0.25) is 0 Å². The predicted molar refractivity (Wildman–Crippen MR) is 67.2 cm³/mol. The molecule has 0 spiro atoms. The fraction of sp³-hybridized carbons (Fsp3) is 0.417. The zero-order valence-corrected chi connectivity index (χ0v) is 11.1. The molecule has 0 saturated carbocycles. The minimum Gasteiger partial charge on any atom is -0.404 e. The molecule has 2 rings (SSSR count). The van der Waals surface area contributed by atoms with Gasteiger partial charge in [0.2, 0.25) is 5.88 Å². The van der Waals surface area contributed by atoms with Gasteiger partial charge < -0.3 is 10.1 Å². The highest BCUT2D eigenvalue weighted by Gasteiger charge is 2.11. The van der Waals surface area contributed by atoms with Crippen molar-refractivity contribution in [1.29, 1.82) is 0 Å². The van der Waals surface area contributed by atoms with Crippen LogP contribution in [0.5, 0.6) is 11.9 Å². The third kappa shape index (κ3) is 3.72. The third-order valence-electron chi connectivity index (χ3n) is 2.36. The van der Waals surface area contributed by atoms with E-state index >= 15 is 0 Å². The van der Waals surface area contributed by atoms with Gasteiger partial charge in [-0.05, 0) is 6.07 Å². The molecule has 2 aromatic heterocycles. The average Bonchev–Trinajstić information content (AvgIpc) is 2.75. The molecular formula is C12H16FN5O. The van der Waals surface area contributed by atoms with Crippen LogP contribution in [0.3, 0.4) is 0 Å². The molecule has 0 aliphatic heterocycles. The summed E-state index contributed by atoms with van der Waals surface area (Å²) in [6.07, 6.45) is 2.63. The summed E-state index contributed by atoms with van der Waals surface area (Å²) in [7, 11) is 1.74. The number of halogens is 1. The van der Waals surface area contributed by atoms with E-state index in [-0.39, 0.29) is 12.1 Å². The van der Waals surface area contributed by atoms with Crippen molar-refractivity contribution < 1.29 is 9.13 Å². The van der Waals surface area contributed by atoms with Crippen molar-refractivity contribution in [1.82, 2.24) is 25.1 Å². The van der Waals surface area contributed by atoms with Crippen molar-refractivity contribution in [2.24, 2.45) is 7.05 Å². The second-order valence-corrected chi connectivity index (χ2v) is 4.46. The van der Waals surface area contributed by atoms with Crippen LogP contribution in [-0.2, 0) is 13.6 Å². The highest BCUT2D eigenvalue weighted by Crippen LogP contribution is 2.20. The maximum absolute atomic E-state index is 13.2. The van der Waals surface area contributed by atoms with E-state index in [9.17, 15) is 4.39 Å². The zero-order valence-electron chi connectivity index (χ0n) is 11.1. The maximum Gasteiger partial charge on any atom is 0.342 e. The van der Waals surface area contributed by atoms with Crippen molar-refractivity contribution >= 4 is 0 Å². The van der Waals surface area contributed by atoms with Gasteiger partial charge in [0.1, 0.15) is 12.1 Å². The van der Waals surface area contributed by atoms with E-state index in [0.29, 0.717) is 18.0 Å². The molecule has 0 aliphatic rings. The van der Waals surface area contributed by atoms with Crippen molar-refractivity contribution in [3.05, 3.63) is 30.0 Å². The van der Waals surface area contributed by atoms with Gasteiger partial charge in [-0.15, -0.1) is 5.10 Å². The van der Waals surface area contributed by atoms with E-state index in [1.54, 1.807) is 7.05 Å². The quantitative estimate of drug-likeness (QED) is 0.890. The Bertz CT molecular complexity index is 555. The van der Waals surface area contributed by atoms with E-state index in [4.69, 9.17) is 4.74 Å². The first-order valence-electron chi connectivity index (χ1n) is 5.96. The molecule has 19 heavy (non-hydrogen) atoms. The van der Waals surface area contributed by atoms with Gasteiger partial charge in [-0.1, -0.05) is 13.8 Å². The van der Waals surface area contributed by atoms with Gasteiger partial charge in [0, 0.05) is 25.2 Å². The van der Waals surface area contributed by atoms with E-state index in [2.05, 4.69) is 20.4 Å². The lowest BCUT2D eigenvalue weighted by Gasteiger charge is -2.11. The SMILES string of the molecule is CC(C)NCc1cc(F)cnc1Oc1ncn(C)n1. The number of rotatable bonds is 5. The average molecular weight is 265 g/mol. The van der Waals surface area contributed by atoms with Crippen LogP contribution in [-0.4, -0.2) is 25.8 Å². The van der Waals surface area contributed by atoms with Crippen LogP contribution in [0.4, 0.5) is 4.39 Å². The molecule has 0 radical (unpaired) electrons. The molecule has 7 heteroatoms. The topological polar surface area (TPSA) is 64.9 Å². The Labute approximate surface area is 110 Å². The summed E-state index contributed by atoms with van der Waals surface area (Å²) >= 11 is 0. The monoisotopic (exact) mass is 265 g/mol. The molecule has 6 nitrogen and oxygen atoms in total. The molecular weight excluding hydrogens is 249 g/mol. The molecule has 0 atom stereocenters. The van der Waals surface area contributed by atoms with Crippen LogP contribution in [0.1, 0.15) is 19.4 Å². The summed E-state index contributed by atoms with van der Waals surface area (Å²) in [4.78, 5) is 7.88. The Kier molecular flexibility index (Phi) is 4.06. The third-order valence-corrected chi connectivity index (χ3v) is 2.36. The largest absolute Gasteiger partial charge is 0.404 e. The Balaban J connectivity index is 2.18. The van der Waals surface area contributed by atoms with Gasteiger partial charge in [-0.25, -0.2) is 9.37 Å². The van der Waals surface area contributed by atoms with Gasteiger partial charge in [-0.3, -0.25) is 4.68 Å². The number of nitrogens with zero attached hydrogens (tertiary/aromatic N) is 4. The molecule has 102 valence electrons. The molecule has 0 bridgehead atoms. The van der Waals surface area contributed by atoms with Crippen LogP contribution in [0.15, 0.2) is 18.6 Å². The van der Waals surface area contributed by atoms with Crippen molar-refractivity contribution in [2.45, 2.75) is 26.4 Å². The lowest BCUT2D eigenvalue weighted by atomic mass is 10.2. The molecule has 2 aromatic rings. The minimum absolute atomic E-state index is 0.187. The van der Waals surface area contributed by atoms with E-state index in [1.807, 2.05) is 13.8 Å². The standard InChI is InChI=1S/C12H16FN5O/c1-8(2)14-5-9-4-10(13)6-15-11(9)19-12-16-7-18(3)17-12/h4,6-8,14H,5H2,1-3H3. The van der Waals surface area contributed by atoms with Gasteiger partial charge in [-0.2, -0.15) is 4.98 Å². The Hall–Kier alpha value is -2.02. The number of hydrogen-bond acceptors (Lipinski definition) is 5. The molecule has 0 unspecified atom stereocenters. The summed E-state index contributed by atoms with van der Waals surface area (Å²) in [5.41, 5.74) is 0.626. The molecule has 0 aliphatic carbocycles. The number of aryl methyl sites for hydroxylation is 1. The number of hydrogen-bond donors (Lipinski definition) is 1. The molecule has 0 fully saturated rings. The van der Waals surface area contributed by atoms with Crippen molar-refractivity contribution in [2.75, 3.05) is 0 Å². The van der Waals surface area contributed by atoms with E-state index in [1.165, 1.54) is 17.1 Å². The summed E-state index contributed by atoms with van der Waals surface area (Å²) in [6.45, 7) is 4.48.